The molecule has 0 spiro atoms. The van der Waals surface area contributed by atoms with Gasteiger partial charge in [0.15, 0.2) is 16.1 Å². The van der Waals surface area contributed by atoms with Gasteiger partial charge in [-0.15, -0.1) is 11.3 Å². The molecule has 0 saturated heterocycles. The van der Waals surface area contributed by atoms with E-state index in [-0.39, 0.29) is 11.1 Å². The van der Waals surface area contributed by atoms with Crippen LogP contribution in [0.5, 0.6) is 0 Å². The third-order valence-electron chi connectivity index (χ3n) is 2.01. The minimum Gasteiger partial charge on any atom is -0.391 e. The molecule has 0 unspecified atom stereocenters. The van der Waals surface area contributed by atoms with E-state index in [4.69, 9.17) is 16.7 Å². The summed E-state index contributed by atoms with van der Waals surface area (Å²) in [5.41, 5.74) is 0.780. The average Bonchev–Trinajstić information content (AvgIpc) is 2.63. The van der Waals surface area contributed by atoms with E-state index in [1.807, 2.05) is 0 Å². The van der Waals surface area contributed by atoms with E-state index in [9.17, 15) is 8.78 Å². The molecule has 84 valence electrons. The lowest BCUT2D eigenvalue weighted by Crippen LogP contribution is -1.89. The smallest absolute Gasteiger partial charge is 0.184 e. The van der Waals surface area contributed by atoms with Gasteiger partial charge in [-0.05, 0) is 18.2 Å². The van der Waals surface area contributed by atoms with Gasteiger partial charge in [0.25, 0.3) is 0 Å². The maximum absolute atomic E-state index is 13.0. The number of rotatable bonds is 2. The molecule has 1 heterocycles. The number of nitrogens with zero attached hydrogens (tertiary/aromatic N) is 1. The summed E-state index contributed by atoms with van der Waals surface area (Å²) in [4.78, 5) is 4.48. The van der Waals surface area contributed by atoms with Crippen molar-refractivity contribution >= 4 is 22.9 Å². The van der Waals surface area contributed by atoms with Crippen LogP contribution in [0.25, 0.3) is 11.3 Å². The summed E-state index contributed by atoms with van der Waals surface area (Å²) in [6.07, 6.45) is 0. The molecule has 0 bridgehead atoms. The van der Waals surface area contributed by atoms with Gasteiger partial charge in [0.2, 0.25) is 0 Å². The van der Waals surface area contributed by atoms with E-state index in [1.165, 1.54) is 6.07 Å². The third kappa shape index (κ3) is 2.07. The lowest BCUT2D eigenvalue weighted by atomic mass is 10.1. The molecule has 0 aliphatic rings. The second-order valence-electron chi connectivity index (χ2n) is 3.03. The fourth-order valence-electron chi connectivity index (χ4n) is 1.30. The highest BCUT2D eigenvalue weighted by Gasteiger charge is 2.13. The van der Waals surface area contributed by atoms with E-state index in [0.29, 0.717) is 16.1 Å². The number of thiazole rings is 1. The Labute approximate surface area is 99.1 Å². The largest absolute Gasteiger partial charge is 0.391 e. The first kappa shape index (κ1) is 11.4. The van der Waals surface area contributed by atoms with Crippen LogP contribution >= 0.6 is 22.9 Å². The van der Waals surface area contributed by atoms with E-state index in [2.05, 4.69) is 4.98 Å². The molecule has 2 rings (SSSR count). The van der Waals surface area contributed by atoms with Gasteiger partial charge < -0.3 is 5.11 Å². The lowest BCUT2D eigenvalue weighted by Gasteiger charge is -2.00. The molecule has 1 aromatic heterocycles. The summed E-state index contributed by atoms with van der Waals surface area (Å²) in [5.74, 6) is -1.87. The maximum atomic E-state index is 13.0. The molecule has 2 nitrogen and oxygen atoms in total. The molecule has 0 aliphatic heterocycles. The van der Waals surface area contributed by atoms with Gasteiger partial charge in [0, 0.05) is 5.56 Å². The van der Waals surface area contributed by atoms with Gasteiger partial charge in [0.1, 0.15) is 0 Å². The SMILES string of the molecule is OCc1sc(Cl)nc1-c1ccc(F)c(F)c1. The predicted octanol–water partition coefficient (Wildman–Crippen LogP) is 3.23. The number of aliphatic hydroxyl groups excluding tert-OH is 1. The Morgan fingerprint density at radius 1 is 1.31 bits per heavy atom. The van der Waals surface area contributed by atoms with Crippen LogP contribution in [0.2, 0.25) is 4.47 Å². The zero-order chi connectivity index (χ0) is 11.7. The Morgan fingerprint density at radius 2 is 2.06 bits per heavy atom. The molecule has 0 radical (unpaired) electrons. The molecule has 2 aromatic rings. The quantitative estimate of drug-likeness (QED) is 0.900. The topological polar surface area (TPSA) is 33.1 Å². The van der Waals surface area contributed by atoms with Crippen LogP contribution in [-0.4, -0.2) is 10.1 Å². The van der Waals surface area contributed by atoms with Crippen molar-refractivity contribution < 1.29 is 13.9 Å². The van der Waals surface area contributed by atoms with Crippen molar-refractivity contribution in [1.29, 1.82) is 0 Å². The van der Waals surface area contributed by atoms with Crippen LogP contribution < -0.4 is 0 Å². The molecule has 1 aromatic carbocycles. The van der Waals surface area contributed by atoms with Gasteiger partial charge in [-0.2, -0.15) is 0 Å². The molecule has 0 fully saturated rings. The second-order valence-corrected chi connectivity index (χ2v) is 4.69. The summed E-state index contributed by atoms with van der Waals surface area (Å²) < 4.78 is 26.0. The van der Waals surface area contributed by atoms with Gasteiger partial charge in [-0.3, -0.25) is 0 Å². The predicted molar refractivity (Wildman–Crippen MR) is 58.4 cm³/mol. The normalized spacial score (nSPS) is 10.8. The van der Waals surface area contributed by atoms with Crippen molar-refractivity contribution in [2.75, 3.05) is 0 Å². The highest BCUT2D eigenvalue weighted by molar-refractivity contribution is 7.16. The van der Waals surface area contributed by atoms with Crippen LogP contribution in [0.3, 0.4) is 0 Å². The van der Waals surface area contributed by atoms with Crippen LogP contribution in [0, 0.1) is 11.6 Å². The zero-order valence-corrected chi connectivity index (χ0v) is 9.45. The Kier molecular flexibility index (Phi) is 3.18. The van der Waals surface area contributed by atoms with Crippen molar-refractivity contribution in [1.82, 2.24) is 4.98 Å². The molecule has 0 saturated carbocycles. The second kappa shape index (κ2) is 4.45. The van der Waals surface area contributed by atoms with Crippen LogP contribution in [0.4, 0.5) is 8.78 Å². The summed E-state index contributed by atoms with van der Waals surface area (Å²) >= 11 is 6.80. The molecular formula is C10H6ClF2NOS. The summed E-state index contributed by atoms with van der Waals surface area (Å²) in [7, 11) is 0. The van der Waals surface area contributed by atoms with E-state index < -0.39 is 11.6 Å². The number of benzene rings is 1. The Bertz CT molecular complexity index is 530. The van der Waals surface area contributed by atoms with Gasteiger partial charge in [-0.1, -0.05) is 11.6 Å². The van der Waals surface area contributed by atoms with Crippen molar-refractivity contribution in [3.8, 4) is 11.3 Å². The molecule has 0 amide bonds. The molecule has 0 atom stereocenters. The van der Waals surface area contributed by atoms with Gasteiger partial charge >= 0.3 is 0 Å². The minimum atomic E-state index is -0.953. The zero-order valence-electron chi connectivity index (χ0n) is 7.88. The molecule has 1 N–H and O–H groups in total. The summed E-state index contributed by atoms with van der Waals surface area (Å²) in [6, 6.07) is 3.43. The first-order valence-electron chi connectivity index (χ1n) is 4.33. The van der Waals surface area contributed by atoms with Crippen molar-refractivity contribution in [2.45, 2.75) is 6.61 Å². The Hall–Kier alpha value is -1.04. The fourth-order valence-corrected chi connectivity index (χ4v) is 2.33. The Morgan fingerprint density at radius 3 is 2.69 bits per heavy atom. The average molecular weight is 262 g/mol. The number of hydrogen-bond acceptors (Lipinski definition) is 3. The number of aromatic nitrogens is 1. The standard InChI is InChI=1S/C10H6ClF2NOS/c11-10-14-9(8(4-15)16-10)5-1-2-6(12)7(13)3-5/h1-3,15H,4H2. The van der Waals surface area contributed by atoms with Crippen LogP contribution in [0.1, 0.15) is 4.88 Å². The number of halogens is 3. The monoisotopic (exact) mass is 261 g/mol. The van der Waals surface area contributed by atoms with Crippen molar-refractivity contribution in [3.05, 3.63) is 39.2 Å². The van der Waals surface area contributed by atoms with Crippen molar-refractivity contribution in [2.24, 2.45) is 0 Å². The fraction of sp³-hybridized carbons (Fsp3) is 0.100. The van der Waals surface area contributed by atoms with Crippen LogP contribution in [-0.2, 0) is 6.61 Å². The molecule has 6 heteroatoms. The number of aliphatic hydroxyl groups is 1. The molecule has 16 heavy (non-hydrogen) atoms. The molecular weight excluding hydrogens is 256 g/mol. The van der Waals surface area contributed by atoms with Crippen LogP contribution in [0.15, 0.2) is 18.2 Å². The first-order valence-corrected chi connectivity index (χ1v) is 5.52. The Balaban J connectivity index is 2.53. The van der Waals surface area contributed by atoms with E-state index >= 15 is 0 Å². The third-order valence-corrected chi connectivity index (χ3v) is 3.15. The highest BCUT2D eigenvalue weighted by atomic mass is 35.5. The lowest BCUT2D eigenvalue weighted by molar-refractivity contribution is 0.286. The van der Waals surface area contributed by atoms with Crippen molar-refractivity contribution in [3.63, 3.8) is 0 Å². The van der Waals surface area contributed by atoms with E-state index in [0.717, 1.165) is 23.5 Å². The summed E-state index contributed by atoms with van der Waals surface area (Å²) in [5, 5.41) is 9.06. The van der Waals surface area contributed by atoms with Gasteiger partial charge in [0.05, 0.1) is 17.2 Å². The summed E-state index contributed by atoms with van der Waals surface area (Å²) in [6.45, 7) is -0.237. The maximum Gasteiger partial charge on any atom is 0.184 e. The van der Waals surface area contributed by atoms with Gasteiger partial charge in [-0.25, -0.2) is 13.8 Å². The number of hydrogen-bond donors (Lipinski definition) is 1. The minimum absolute atomic E-state index is 0.237. The highest BCUT2D eigenvalue weighted by Crippen LogP contribution is 2.31. The molecule has 0 aliphatic carbocycles. The first-order chi connectivity index (χ1) is 7.61. The van der Waals surface area contributed by atoms with E-state index in [1.54, 1.807) is 0 Å².